The van der Waals surface area contributed by atoms with Crippen LogP contribution in [-0.2, 0) is 12.8 Å². The fraction of sp³-hybridized carbons (Fsp3) is 0.625. The van der Waals surface area contributed by atoms with Crippen molar-refractivity contribution in [3.05, 3.63) is 22.9 Å². The maximum absolute atomic E-state index is 10.1. The number of thioether (sulfide) groups is 1. The van der Waals surface area contributed by atoms with E-state index in [1.54, 1.807) is 11.8 Å². The molecule has 1 saturated carbocycles. The highest BCUT2D eigenvalue weighted by molar-refractivity contribution is 8.00. The van der Waals surface area contributed by atoms with Gasteiger partial charge in [0.15, 0.2) is 0 Å². The van der Waals surface area contributed by atoms with Gasteiger partial charge in [0.25, 0.3) is 0 Å². The second kappa shape index (κ2) is 6.15. The Hall–Kier alpha value is -1.05. The third-order valence-corrected chi connectivity index (χ3v) is 5.70. The van der Waals surface area contributed by atoms with E-state index in [1.807, 2.05) is 6.07 Å². The first-order chi connectivity index (χ1) is 9.78. The Balaban J connectivity index is 1.86. The Morgan fingerprint density at radius 1 is 1.20 bits per heavy atom. The van der Waals surface area contributed by atoms with Gasteiger partial charge in [-0.1, -0.05) is 24.6 Å². The molecule has 0 unspecified atom stereocenters. The van der Waals surface area contributed by atoms with Gasteiger partial charge < -0.3 is 5.11 Å². The third kappa shape index (κ3) is 2.84. The predicted molar refractivity (Wildman–Crippen MR) is 79.7 cm³/mol. The SMILES string of the molecule is N#Cc1cc2c(nc1S[C@@H]1CCCC[C@@H]1O)CCCC2. The van der Waals surface area contributed by atoms with Gasteiger partial charge in [-0.3, -0.25) is 0 Å². The van der Waals surface area contributed by atoms with E-state index < -0.39 is 0 Å². The molecule has 0 amide bonds. The van der Waals surface area contributed by atoms with Crippen molar-refractivity contribution < 1.29 is 5.11 Å². The van der Waals surface area contributed by atoms with E-state index in [-0.39, 0.29) is 11.4 Å². The molecule has 3 rings (SSSR count). The minimum Gasteiger partial charge on any atom is -0.392 e. The van der Waals surface area contributed by atoms with Crippen molar-refractivity contribution in [2.45, 2.75) is 67.7 Å². The normalized spacial score (nSPS) is 25.8. The van der Waals surface area contributed by atoms with Crippen LogP contribution in [0.15, 0.2) is 11.1 Å². The van der Waals surface area contributed by atoms with Crippen LogP contribution in [0.1, 0.15) is 55.3 Å². The van der Waals surface area contributed by atoms with Crippen molar-refractivity contribution in [2.24, 2.45) is 0 Å². The number of nitriles is 1. The number of fused-ring (bicyclic) bond motifs is 1. The molecular weight excluding hydrogens is 268 g/mol. The van der Waals surface area contributed by atoms with Crippen LogP contribution >= 0.6 is 11.8 Å². The minimum absolute atomic E-state index is 0.199. The summed E-state index contributed by atoms with van der Waals surface area (Å²) >= 11 is 1.61. The monoisotopic (exact) mass is 288 g/mol. The molecule has 106 valence electrons. The molecule has 1 N–H and O–H groups in total. The van der Waals surface area contributed by atoms with Gasteiger partial charge >= 0.3 is 0 Å². The van der Waals surface area contributed by atoms with Crippen LogP contribution in [0.4, 0.5) is 0 Å². The number of aromatic nitrogens is 1. The molecule has 0 radical (unpaired) electrons. The molecule has 1 aromatic rings. The average molecular weight is 288 g/mol. The van der Waals surface area contributed by atoms with E-state index in [1.165, 1.54) is 30.5 Å². The lowest BCUT2D eigenvalue weighted by atomic mass is 9.95. The van der Waals surface area contributed by atoms with Crippen LogP contribution in [0.5, 0.6) is 0 Å². The summed E-state index contributed by atoms with van der Waals surface area (Å²) in [4.78, 5) is 4.74. The molecule has 20 heavy (non-hydrogen) atoms. The summed E-state index contributed by atoms with van der Waals surface area (Å²) < 4.78 is 0. The number of hydrogen-bond acceptors (Lipinski definition) is 4. The van der Waals surface area contributed by atoms with Crippen LogP contribution in [0.2, 0.25) is 0 Å². The van der Waals surface area contributed by atoms with Gasteiger partial charge in [0.2, 0.25) is 0 Å². The first-order valence-corrected chi connectivity index (χ1v) is 8.43. The lowest BCUT2D eigenvalue weighted by molar-refractivity contribution is 0.137. The van der Waals surface area contributed by atoms with Crippen LogP contribution < -0.4 is 0 Å². The Labute approximate surface area is 124 Å². The number of aliphatic hydroxyl groups excluding tert-OH is 1. The fourth-order valence-electron chi connectivity index (χ4n) is 3.14. The van der Waals surface area contributed by atoms with Gasteiger partial charge in [0.05, 0.1) is 11.7 Å². The molecule has 2 aliphatic rings. The number of aliphatic hydroxyl groups is 1. The molecular formula is C16H20N2OS. The lowest BCUT2D eigenvalue weighted by Crippen LogP contribution is -2.27. The molecule has 1 heterocycles. The second-order valence-corrected chi connectivity index (χ2v) is 7.00. The zero-order chi connectivity index (χ0) is 13.9. The van der Waals surface area contributed by atoms with Crippen molar-refractivity contribution in [3.8, 4) is 6.07 Å². The number of aryl methyl sites for hydroxylation is 2. The summed E-state index contributed by atoms with van der Waals surface area (Å²) in [6.45, 7) is 0. The molecule has 0 spiro atoms. The van der Waals surface area contributed by atoms with E-state index in [0.717, 1.165) is 37.1 Å². The van der Waals surface area contributed by atoms with Gasteiger partial charge in [-0.2, -0.15) is 5.26 Å². The standard InChI is InChI=1S/C16H20N2OS/c17-10-12-9-11-5-1-2-6-13(11)18-16(12)20-15-8-4-3-7-14(15)19/h9,14-15,19H,1-8H2/t14-,15+/m0/s1. The molecule has 2 aliphatic carbocycles. The molecule has 4 heteroatoms. The van der Waals surface area contributed by atoms with E-state index >= 15 is 0 Å². The minimum atomic E-state index is -0.252. The highest BCUT2D eigenvalue weighted by Crippen LogP contribution is 2.35. The summed E-state index contributed by atoms with van der Waals surface area (Å²) in [6, 6.07) is 4.31. The molecule has 3 nitrogen and oxygen atoms in total. The fourth-order valence-corrected chi connectivity index (χ4v) is 4.40. The van der Waals surface area contributed by atoms with Crippen molar-refractivity contribution >= 4 is 11.8 Å². The predicted octanol–water partition coefficient (Wildman–Crippen LogP) is 3.23. The van der Waals surface area contributed by atoms with Crippen molar-refractivity contribution in [3.63, 3.8) is 0 Å². The Morgan fingerprint density at radius 2 is 2.00 bits per heavy atom. The smallest absolute Gasteiger partial charge is 0.114 e. The van der Waals surface area contributed by atoms with E-state index in [4.69, 9.17) is 4.98 Å². The molecule has 0 saturated heterocycles. The first-order valence-electron chi connectivity index (χ1n) is 7.55. The van der Waals surface area contributed by atoms with Gasteiger partial charge in [-0.15, -0.1) is 0 Å². The zero-order valence-corrected chi connectivity index (χ0v) is 12.5. The molecule has 0 aliphatic heterocycles. The largest absolute Gasteiger partial charge is 0.392 e. The molecule has 1 aromatic heterocycles. The van der Waals surface area contributed by atoms with E-state index in [9.17, 15) is 10.4 Å². The summed E-state index contributed by atoms with van der Waals surface area (Å²) in [5, 5.41) is 20.5. The van der Waals surface area contributed by atoms with Crippen LogP contribution in [-0.4, -0.2) is 21.4 Å². The molecule has 2 atom stereocenters. The van der Waals surface area contributed by atoms with Crippen molar-refractivity contribution in [2.75, 3.05) is 0 Å². The van der Waals surface area contributed by atoms with Gasteiger partial charge in [-0.25, -0.2) is 4.98 Å². The lowest BCUT2D eigenvalue weighted by Gasteiger charge is -2.27. The number of hydrogen-bond donors (Lipinski definition) is 1. The quantitative estimate of drug-likeness (QED) is 0.907. The van der Waals surface area contributed by atoms with Crippen LogP contribution in [0.3, 0.4) is 0 Å². The summed E-state index contributed by atoms with van der Waals surface area (Å²) in [7, 11) is 0. The summed E-state index contributed by atoms with van der Waals surface area (Å²) in [6.07, 6.45) is 8.41. The summed E-state index contributed by atoms with van der Waals surface area (Å²) in [5.41, 5.74) is 3.11. The van der Waals surface area contributed by atoms with Gasteiger partial charge in [0.1, 0.15) is 11.1 Å². The molecule has 1 fully saturated rings. The van der Waals surface area contributed by atoms with Crippen molar-refractivity contribution in [1.82, 2.24) is 4.98 Å². The van der Waals surface area contributed by atoms with Crippen LogP contribution in [0, 0.1) is 11.3 Å². The molecule has 0 aromatic carbocycles. The number of rotatable bonds is 2. The number of nitrogens with zero attached hydrogens (tertiary/aromatic N) is 2. The van der Waals surface area contributed by atoms with Crippen molar-refractivity contribution in [1.29, 1.82) is 5.26 Å². The Morgan fingerprint density at radius 3 is 2.80 bits per heavy atom. The second-order valence-electron chi connectivity index (χ2n) is 5.77. The zero-order valence-electron chi connectivity index (χ0n) is 11.6. The Bertz CT molecular complexity index is 538. The van der Waals surface area contributed by atoms with Gasteiger partial charge in [0, 0.05) is 10.9 Å². The Kier molecular flexibility index (Phi) is 4.28. The third-order valence-electron chi connectivity index (χ3n) is 4.32. The van der Waals surface area contributed by atoms with Crippen LogP contribution in [0.25, 0.3) is 0 Å². The maximum Gasteiger partial charge on any atom is 0.114 e. The molecule has 0 bridgehead atoms. The van der Waals surface area contributed by atoms with E-state index in [0.29, 0.717) is 5.56 Å². The number of pyridine rings is 1. The van der Waals surface area contributed by atoms with Gasteiger partial charge in [-0.05, 0) is 50.2 Å². The highest BCUT2D eigenvalue weighted by Gasteiger charge is 2.26. The topological polar surface area (TPSA) is 56.9 Å². The maximum atomic E-state index is 10.1. The van der Waals surface area contributed by atoms with E-state index in [2.05, 4.69) is 6.07 Å². The highest BCUT2D eigenvalue weighted by atomic mass is 32.2. The summed E-state index contributed by atoms with van der Waals surface area (Å²) in [5.74, 6) is 0. The first kappa shape index (κ1) is 13.9. The average Bonchev–Trinajstić information content (AvgIpc) is 2.49.